The topological polar surface area (TPSA) is 92.7 Å². The van der Waals surface area contributed by atoms with Gasteiger partial charge in [0.15, 0.2) is 12.1 Å². The summed E-state index contributed by atoms with van der Waals surface area (Å²) >= 11 is 33.4. The smallest absolute Gasteiger partial charge is 0.387 e. The molecule has 1 N–H and O–H groups in total. The van der Waals surface area contributed by atoms with Crippen LogP contribution in [0.25, 0.3) is 0 Å². The Bertz CT molecular complexity index is 545. The molecule has 0 radical (unpaired) electrons. The second-order valence-electron chi connectivity index (χ2n) is 6.15. The molecule has 0 unspecified atom stereocenters. The van der Waals surface area contributed by atoms with E-state index in [2.05, 4.69) is 0 Å². The van der Waals surface area contributed by atoms with Crippen LogP contribution in [0.15, 0.2) is 0 Å². The van der Waals surface area contributed by atoms with Crippen LogP contribution < -0.4 is 0 Å². The summed E-state index contributed by atoms with van der Waals surface area (Å²) in [5, 5.41) is 10.3. The molecule has 0 saturated carbocycles. The van der Waals surface area contributed by atoms with Crippen molar-refractivity contribution in [2.45, 2.75) is 51.8 Å². The fraction of sp³-hybridized carbons (Fsp3) is 1.00. The van der Waals surface area contributed by atoms with E-state index in [9.17, 15) is 9.67 Å². The van der Waals surface area contributed by atoms with Crippen molar-refractivity contribution in [1.29, 1.82) is 0 Å². The lowest BCUT2D eigenvalue weighted by molar-refractivity contribution is -0.218. The third kappa shape index (κ3) is 8.04. The van der Waals surface area contributed by atoms with Crippen molar-refractivity contribution >= 4 is 77.4 Å². The molecular formula is C12H17Cl6O8P. The van der Waals surface area contributed by atoms with Gasteiger partial charge >= 0.3 is 7.82 Å². The number of halogens is 6. The molecule has 2 aliphatic heterocycles. The van der Waals surface area contributed by atoms with Crippen molar-refractivity contribution in [2.24, 2.45) is 0 Å². The Hall–Kier alpha value is 1.69. The number of rotatable bonds is 7. The molecule has 2 rings (SSSR count). The second-order valence-corrected chi connectivity index (χ2v) is 12.9. The second kappa shape index (κ2) is 9.05. The van der Waals surface area contributed by atoms with Gasteiger partial charge < -0.3 is 19.3 Å². The summed E-state index contributed by atoms with van der Waals surface area (Å²) in [6, 6.07) is 0. The number of phosphoric ester groups is 1. The molecule has 27 heavy (non-hydrogen) atoms. The molecule has 0 aromatic carbocycles. The first kappa shape index (κ1) is 25.0. The van der Waals surface area contributed by atoms with Gasteiger partial charge in [-0.25, -0.2) is 4.57 Å². The van der Waals surface area contributed by atoms with E-state index in [1.807, 2.05) is 0 Å². The standard InChI is InChI=1S/C12H17Cl6O8P/c1-10(2)25-8-7(19)6(24-9(8)26-10)3-21-27(20,22-4-11(13,14)15)23-5-12(16,17)18/h6-9,19H,3-5H2,1-2H3/t6-,7-,8+,9+/m1/s1. The molecule has 8 nitrogen and oxygen atoms in total. The molecule has 0 bridgehead atoms. The van der Waals surface area contributed by atoms with Crippen LogP contribution in [-0.2, 0) is 32.3 Å². The van der Waals surface area contributed by atoms with E-state index >= 15 is 0 Å². The van der Waals surface area contributed by atoms with Crippen LogP contribution in [0.3, 0.4) is 0 Å². The number of hydrogen-bond donors (Lipinski definition) is 1. The van der Waals surface area contributed by atoms with Crippen LogP contribution in [-0.4, -0.2) is 62.9 Å². The van der Waals surface area contributed by atoms with Crippen LogP contribution in [0, 0.1) is 0 Å². The van der Waals surface area contributed by atoms with E-state index in [1.165, 1.54) is 0 Å². The van der Waals surface area contributed by atoms with Gasteiger partial charge in [0.2, 0.25) is 7.59 Å². The number of hydrogen-bond acceptors (Lipinski definition) is 8. The fourth-order valence-electron chi connectivity index (χ4n) is 2.28. The lowest BCUT2D eigenvalue weighted by Crippen LogP contribution is -2.36. The molecule has 0 aromatic rings. The molecule has 0 aromatic heterocycles. The zero-order valence-electron chi connectivity index (χ0n) is 14.0. The van der Waals surface area contributed by atoms with Crippen molar-refractivity contribution in [3.63, 3.8) is 0 Å². The normalized spacial score (nSPS) is 31.3. The maximum Gasteiger partial charge on any atom is 0.475 e. The van der Waals surface area contributed by atoms with E-state index in [0.717, 1.165) is 0 Å². The minimum Gasteiger partial charge on any atom is -0.387 e. The summed E-state index contributed by atoms with van der Waals surface area (Å²) in [6.07, 6.45) is -3.62. The highest BCUT2D eigenvalue weighted by Crippen LogP contribution is 2.53. The van der Waals surface area contributed by atoms with Crippen molar-refractivity contribution in [2.75, 3.05) is 19.8 Å². The van der Waals surface area contributed by atoms with Crippen LogP contribution in [0.5, 0.6) is 0 Å². The number of aliphatic hydroxyl groups is 1. The van der Waals surface area contributed by atoms with E-state index in [-0.39, 0.29) is 0 Å². The maximum absolute atomic E-state index is 12.7. The number of phosphoric acid groups is 1. The average molecular weight is 533 g/mol. The highest BCUT2D eigenvalue weighted by Gasteiger charge is 2.54. The van der Waals surface area contributed by atoms with Gasteiger partial charge in [-0.1, -0.05) is 69.6 Å². The predicted molar refractivity (Wildman–Crippen MR) is 101 cm³/mol. The molecule has 2 heterocycles. The molecule has 2 saturated heterocycles. The molecule has 15 heteroatoms. The molecule has 2 aliphatic rings. The van der Waals surface area contributed by atoms with Gasteiger partial charge in [-0.05, 0) is 13.8 Å². The Morgan fingerprint density at radius 2 is 1.52 bits per heavy atom. The predicted octanol–water partition coefficient (Wildman–Crippen LogP) is 4.12. The number of ether oxygens (including phenoxy) is 3. The molecule has 0 aliphatic carbocycles. The van der Waals surface area contributed by atoms with Crippen LogP contribution in [0.1, 0.15) is 13.8 Å². The lowest BCUT2D eigenvalue weighted by atomic mass is 10.1. The summed E-state index contributed by atoms with van der Waals surface area (Å²) in [6.45, 7) is 1.67. The molecule has 160 valence electrons. The summed E-state index contributed by atoms with van der Waals surface area (Å²) in [4.78, 5) is 0. The molecule has 4 atom stereocenters. The van der Waals surface area contributed by atoms with Crippen molar-refractivity contribution in [1.82, 2.24) is 0 Å². The van der Waals surface area contributed by atoms with Crippen LogP contribution in [0.2, 0.25) is 0 Å². The zero-order valence-corrected chi connectivity index (χ0v) is 19.4. The molecule has 0 amide bonds. The highest BCUT2D eigenvalue weighted by atomic mass is 35.6. The first-order valence-corrected chi connectivity index (χ1v) is 11.2. The summed E-state index contributed by atoms with van der Waals surface area (Å²) in [5.74, 6) is -0.904. The molecular weight excluding hydrogens is 516 g/mol. The number of alkyl halides is 6. The van der Waals surface area contributed by atoms with Crippen LogP contribution >= 0.6 is 77.4 Å². The third-order valence-electron chi connectivity index (χ3n) is 3.28. The molecule has 0 spiro atoms. The van der Waals surface area contributed by atoms with Gasteiger partial charge in [0.05, 0.1) is 6.61 Å². The Kier molecular flexibility index (Phi) is 8.36. The number of aliphatic hydroxyl groups excluding tert-OH is 1. The van der Waals surface area contributed by atoms with Crippen molar-refractivity contribution < 1.29 is 37.5 Å². The zero-order chi connectivity index (χ0) is 20.7. The van der Waals surface area contributed by atoms with Gasteiger partial charge in [-0.2, -0.15) is 0 Å². The Morgan fingerprint density at radius 1 is 1.00 bits per heavy atom. The van der Waals surface area contributed by atoms with Gasteiger partial charge in [0, 0.05) is 0 Å². The van der Waals surface area contributed by atoms with E-state index in [1.54, 1.807) is 13.8 Å². The highest BCUT2D eigenvalue weighted by molar-refractivity contribution is 7.48. The average Bonchev–Trinajstić information content (AvgIpc) is 2.93. The lowest BCUT2D eigenvalue weighted by Gasteiger charge is -2.25. The third-order valence-corrected chi connectivity index (χ3v) is 5.29. The minimum atomic E-state index is -4.33. The van der Waals surface area contributed by atoms with Crippen LogP contribution in [0.4, 0.5) is 0 Å². The fourth-order valence-corrected chi connectivity index (χ4v) is 4.32. The summed E-state index contributed by atoms with van der Waals surface area (Å²) in [7, 11) is -4.33. The monoisotopic (exact) mass is 530 g/mol. The quantitative estimate of drug-likeness (QED) is 0.387. The van der Waals surface area contributed by atoms with Crippen molar-refractivity contribution in [3.8, 4) is 0 Å². The minimum absolute atomic E-state index is 0.418. The Balaban J connectivity index is 1.96. The Labute approximate surface area is 186 Å². The van der Waals surface area contributed by atoms with E-state index in [4.69, 9.17) is 97.4 Å². The first-order valence-electron chi connectivity index (χ1n) is 7.45. The van der Waals surface area contributed by atoms with Gasteiger partial charge in [0.25, 0.3) is 0 Å². The molecule has 2 fully saturated rings. The van der Waals surface area contributed by atoms with Gasteiger partial charge in [-0.15, -0.1) is 0 Å². The summed E-state index contributed by atoms with van der Waals surface area (Å²) in [5.41, 5.74) is 0. The van der Waals surface area contributed by atoms with E-state index < -0.39 is 65.6 Å². The largest absolute Gasteiger partial charge is 0.475 e. The Morgan fingerprint density at radius 3 is 1.96 bits per heavy atom. The van der Waals surface area contributed by atoms with Gasteiger partial charge in [0.1, 0.15) is 31.5 Å². The summed E-state index contributed by atoms with van der Waals surface area (Å²) < 4.78 is 40.5. The first-order chi connectivity index (χ1) is 12.1. The van der Waals surface area contributed by atoms with Gasteiger partial charge in [-0.3, -0.25) is 13.6 Å². The maximum atomic E-state index is 12.7. The number of fused-ring (bicyclic) bond motifs is 1. The SMILES string of the molecule is CC1(C)O[C@@H]2O[C@H](COP(=O)(OCC(Cl)(Cl)Cl)OCC(Cl)(Cl)Cl)[C@@H](O)[C@@H]2O1. The van der Waals surface area contributed by atoms with Crippen molar-refractivity contribution in [3.05, 3.63) is 0 Å². The van der Waals surface area contributed by atoms with E-state index in [0.29, 0.717) is 0 Å².